The second kappa shape index (κ2) is 10.9. The lowest BCUT2D eigenvalue weighted by Crippen LogP contribution is -2.29. The third-order valence-corrected chi connectivity index (χ3v) is 5.11. The Balaban J connectivity index is 1.42. The molecular weight excluding hydrogens is 332 g/mol. The van der Waals surface area contributed by atoms with Crippen LogP contribution in [0.2, 0.25) is 0 Å². The van der Waals surface area contributed by atoms with Gasteiger partial charge in [0.15, 0.2) is 0 Å². The Morgan fingerprint density at radius 1 is 0.852 bits per heavy atom. The van der Waals surface area contributed by atoms with Gasteiger partial charge in [0, 0.05) is 18.7 Å². The zero-order chi connectivity index (χ0) is 18.7. The van der Waals surface area contributed by atoms with E-state index >= 15 is 0 Å². The van der Waals surface area contributed by atoms with Crippen LogP contribution in [-0.2, 0) is 0 Å². The highest BCUT2D eigenvalue weighted by Gasteiger charge is 2.11. The molecule has 1 aliphatic heterocycles. The molecule has 0 spiro atoms. The van der Waals surface area contributed by atoms with E-state index < -0.39 is 0 Å². The van der Waals surface area contributed by atoms with E-state index in [2.05, 4.69) is 71.5 Å². The average Bonchev–Trinajstić information content (AvgIpc) is 2.92. The first-order valence-electron chi connectivity index (χ1n) is 10.2. The molecule has 2 aromatic rings. The maximum Gasteiger partial charge on any atom is 0.126 e. The Kier molecular flexibility index (Phi) is 7.94. The van der Waals surface area contributed by atoms with Gasteiger partial charge in [-0.3, -0.25) is 0 Å². The van der Waals surface area contributed by atoms with Crippen LogP contribution in [0.15, 0.2) is 54.6 Å². The molecular formula is C24H32N2O. The highest BCUT2D eigenvalue weighted by atomic mass is 16.5. The van der Waals surface area contributed by atoms with E-state index in [4.69, 9.17) is 4.74 Å². The molecule has 144 valence electrons. The first-order chi connectivity index (χ1) is 13.3. The summed E-state index contributed by atoms with van der Waals surface area (Å²) in [6.07, 6.45) is 7.86. The maximum absolute atomic E-state index is 6.08. The molecule has 0 aliphatic carbocycles. The van der Waals surface area contributed by atoms with E-state index in [9.17, 15) is 0 Å². The zero-order valence-electron chi connectivity index (χ0n) is 16.5. The van der Waals surface area contributed by atoms with Crippen LogP contribution >= 0.6 is 0 Å². The van der Waals surface area contributed by atoms with Gasteiger partial charge in [0.1, 0.15) is 5.75 Å². The minimum Gasteiger partial charge on any atom is -0.493 e. The van der Waals surface area contributed by atoms with E-state index in [1.54, 1.807) is 0 Å². The van der Waals surface area contributed by atoms with Crippen LogP contribution in [0.4, 0.5) is 0 Å². The summed E-state index contributed by atoms with van der Waals surface area (Å²) < 4.78 is 6.08. The molecule has 3 heteroatoms. The molecule has 0 N–H and O–H groups in total. The molecule has 0 atom stereocenters. The topological polar surface area (TPSA) is 15.7 Å². The average molecular weight is 365 g/mol. The number of para-hydroxylation sites is 1. The number of hydrogen-bond acceptors (Lipinski definition) is 3. The number of ether oxygens (including phenoxy) is 1. The molecule has 0 bridgehead atoms. The summed E-state index contributed by atoms with van der Waals surface area (Å²) in [5.41, 5.74) is 2.34. The van der Waals surface area contributed by atoms with Crippen molar-refractivity contribution in [2.45, 2.75) is 19.3 Å². The lowest BCUT2D eigenvalue weighted by molar-refractivity contribution is 0.252. The van der Waals surface area contributed by atoms with Gasteiger partial charge in [0.2, 0.25) is 0 Å². The smallest absolute Gasteiger partial charge is 0.126 e. The summed E-state index contributed by atoms with van der Waals surface area (Å²) in [6.45, 7) is 6.82. The van der Waals surface area contributed by atoms with Gasteiger partial charge in [-0.05, 0) is 57.6 Å². The molecule has 1 saturated heterocycles. The summed E-state index contributed by atoms with van der Waals surface area (Å²) in [5.74, 6) is 0.973. The van der Waals surface area contributed by atoms with Crippen LogP contribution in [0, 0.1) is 0 Å². The summed E-state index contributed by atoms with van der Waals surface area (Å²) in [7, 11) is 2.22. The number of nitrogens with zero attached hydrogens (tertiary/aromatic N) is 2. The van der Waals surface area contributed by atoms with Gasteiger partial charge in [-0.1, -0.05) is 60.7 Å². The first-order valence-corrected chi connectivity index (χ1v) is 10.2. The van der Waals surface area contributed by atoms with E-state index in [1.807, 2.05) is 12.1 Å². The molecule has 3 rings (SSSR count). The van der Waals surface area contributed by atoms with Crippen molar-refractivity contribution >= 4 is 12.2 Å². The Bertz CT molecular complexity index is 699. The van der Waals surface area contributed by atoms with Crippen LogP contribution < -0.4 is 4.74 Å². The van der Waals surface area contributed by atoms with Crippen molar-refractivity contribution in [3.05, 3.63) is 65.7 Å². The first kappa shape index (κ1) is 19.7. The highest BCUT2D eigenvalue weighted by molar-refractivity contribution is 5.72. The fourth-order valence-electron chi connectivity index (χ4n) is 3.44. The normalized spacial score (nSPS) is 16.5. The number of likely N-dealkylation sites (N-methyl/N-ethyl adjacent to an activating group) is 1. The Morgan fingerprint density at radius 2 is 1.67 bits per heavy atom. The standard InChI is InChI=1S/C24H32N2O/c1-25-16-9-18-26(20-19-25)17-7-8-21-27-24-13-6-5-12-23(24)15-14-22-10-3-2-4-11-22/h2-6,10-15H,7-9,16-21H2,1H3. The van der Waals surface area contributed by atoms with Crippen LogP contribution in [-0.4, -0.2) is 56.2 Å². The Hall–Kier alpha value is -2.10. The maximum atomic E-state index is 6.08. The van der Waals surface area contributed by atoms with Crippen molar-refractivity contribution in [2.24, 2.45) is 0 Å². The lowest BCUT2D eigenvalue weighted by atomic mass is 10.1. The third-order valence-electron chi connectivity index (χ3n) is 5.11. The van der Waals surface area contributed by atoms with Crippen molar-refractivity contribution in [1.29, 1.82) is 0 Å². The summed E-state index contributed by atoms with van der Waals surface area (Å²) in [4.78, 5) is 5.03. The largest absolute Gasteiger partial charge is 0.493 e. The van der Waals surface area contributed by atoms with Gasteiger partial charge in [-0.15, -0.1) is 0 Å². The fourth-order valence-corrected chi connectivity index (χ4v) is 3.44. The SMILES string of the molecule is CN1CCCN(CCCCOc2ccccc2C=Cc2ccccc2)CC1. The van der Waals surface area contributed by atoms with E-state index in [0.29, 0.717) is 0 Å². The van der Waals surface area contributed by atoms with Crippen LogP contribution in [0.1, 0.15) is 30.4 Å². The van der Waals surface area contributed by atoms with Gasteiger partial charge in [0.05, 0.1) is 6.61 Å². The molecule has 1 aliphatic rings. The molecule has 1 fully saturated rings. The minimum atomic E-state index is 0.782. The molecule has 3 nitrogen and oxygen atoms in total. The molecule has 0 saturated carbocycles. The van der Waals surface area contributed by atoms with Crippen LogP contribution in [0.25, 0.3) is 12.2 Å². The second-order valence-electron chi connectivity index (χ2n) is 7.34. The van der Waals surface area contributed by atoms with E-state index in [-0.39, 0.29) is 0 Å². The fraction of sp³-hybridized carbons (Fsp3) is 0.417. The predicted octanol–water partition coefficient (Wildman–Crippen LogP) is 4.65. The minimum absolute atomic E-state index is 0.782. The third kappa shape index (κ3) is 6.85. The number of benzene rings is 2. The summed E-state index contributed by atoms with van der Waals surface area (Å²) >= 11 is 0. The number of hydrogen-bond donors (Lipinski definition) is 0. The molecule has 27 heavy (non-hydrogen) atoms. The van der Waals surface area contributed by atoms with Crippen molar-refractivity contribution in [1.82, 2.24) is 9.80 Å². The van der Waals surface area contributed by atoms with Crippen molar-refractivity contribution in [2.75, 3.05) is 46.4 Å². The quantitative estimate of drug-likeness (QED) is 0.501. The van der Waals surface area contributed by atoms with Crippen molar-refractivity contribution in [3.63, 3.8) is 0 Å². The second-order valence-corrected chi connectivity index (χ2v) is 7.34. The monoisotopic (exact) mass is 364 g/mol. The molecule has 0 radical (unpaired) electrons. The Morgan fingerprint density at radius 3 is 2.56 bits per heavy atom. The van der Waals surface area contributed by atoms with E-state index in [1.165, 1.54) is 51.1 Å². The van der Waals surface area contributed by atoms with Gasteiger partial charge >= 0.3 is 0 Å². The van der Waals surface area contributed by atoms with Crippen LogP contribution in [0.5, 0.6) is 5.75 Å². The molecule has 1 heterocycles. The molecule has 2 aromatic carbocycles. The number of rotatable bonds is 8. The molecule has 0 unspecified atom stereocenters. The lowest BCUT2D eigenvalue weighted by Gasteiger charge is -2.19. The van der Waals surface area contributed by atoms with Gasteiger partial charge in [0.25, 0.3) is 0 Å². The van der Waals surface area contributed by atoms with Gasteiger partial charge in [-0.2, -0.15) is 0 Å². The highest BCUT2D eigenvalue weighted by Crippen LogP contribution is 2.21. The van der Waals surface area contributed by atoms with Gasteiger partial charge in [-0.25, -0.2) is 0 Å². The summed E-state index contributed by atoms with van der Waals surface area (Å²) in [5, 5.41) is 0. The molecule has 0 amide bonds. The van der Waals surface area contributed by atoms with Crippen molar-refractivity contribution < 1.29 is 4.74 Å². The van der Waals surface area contributed by atoms with E-state index in [0.717, 1.165) is 24.3 Å². The van der Waals surface area contributed by atoms with Gasteiger partial charge < -0.3 is 14.5 Å². The van der Waals surface area contributed by atoms with Crippen molar-refractivity contribution in [3.8, 4) is 5.75 Å². The predicted molar refractivity (Wildman–Crippen MR) is 115 cm³/mol. The molecule has 0 aromatic heterocycles. The number of unbranched alkanes of at least 4 members (excludes halogenated alkanes) is 1. The Labute approximate surface area is 164 Å². The summed E-state index contributed by atoms with van der Waals surface area (Å²) in [6, 6.07) is 18.7. The zero-order valence-corrected chi connectivity index (χ0v) is 16.5. The van der Waals surface area contributed by atoms with Crippen LogP contribution in [0.3, 0.4) is 0 Å².